The van der Waals surface area contributed by atoms with Gasteiger partial charge in [0.05, 0.1) is 5.60 Å². The molecule has 0 aromatic carbocycles. The Balaban J connectivity index is 2.10. The zero-order valence-electron chi connectivity index (χ0n) is 7.96. The summed E-state index contributed by atoms with van der Waals surface area (Å²) in [5.74, 6) is 1.08. The minimum atomic E-state index is -0.0670. The molecule has 1 saturated heterocycles. The number of hydrogen-bond acceptors (Lipinski definition) is 2. The van der Waals surface area contributed by atoms with Crippen LogP contribution in [0.25, 0.3) is 0 Å². The molecule has 1 saturated carbocycles. The third-order valence-corrected chi connectivity index (χ3v) is 3.26. The van der Waals surface area contributed by atoms with Crippen LogP contribution >= 0.6 is 0 Å². The van der Waals surface area contributed by atoms with E-state index < -0.39 is 0 Å². The molecular formula is C10H16O2. The summed E-state index contributed by atoms with van der Waals surface area (Å²) in [5.41, 5.74) is -0.0670. The van der Waals surface area contributed by atoms with Crippen LogP contribution in [0.3, 0.4) is 0 Å². The van der Waals surface area contributed by atoms with Crippen molar-refractivity contribution in [3.63, 3.8) is 0 Å². The van der Waals surface area contributed by atoms with Crippen LogP contribution in [0.1, 0.15) is 33.6 Å². The molecule has 0 unspecified atom stereocenters. The minimum absolute atomic E-state index is 0.0568. The molecule has 1 aliphatic heterocycles. The van der Waals surface area contributed by atoms with Crippen molar-refractivity contribution in [2.24, 2.45) is 11.8 Å². The molecular weight excluding hydrogens is 152 g/mol. The molecule has 0 aromatic heterocycles. The molecule has 2 fully saturated rings. The fourth-order valence-electron chi connectivity index (χ4n) is 2.22. The molecule has 0 N–H and O–H groups in total. The third kappa shape index (κ3) is 1.01. The zero-order chi connectivity index (χ0) is 8.93. The van der Waals surface area contributed by atoms with Crippen LogP contribution < -0.4 is 0 Å². The fourth-order valence-corrected chi connectivity index (χ4v) is 2.22. The summed E-state index contributed by atoms with van der Waals surface area (Å²) in [7, 11) is 0. The van der Waals surface area contributed by atoms with Gasteiger partial charge in [0.1, 0.15) is 6.10 Å². The number of epoxide rings is 1. The van der Waals surface area contributed by atoms with Crippen LogP contribution in [-0.2, 0) is 9.53 Å². The predicted octanol–water partition coefficient (Wildman–Crippen LogP) is 1.78. The molecule has 0 spiro atoms. The lowest BCUT2D eigenvalue weighted by Crippen LogP contribution is -2.34. The van der Waals surface area contributed by atoms with Crippen molar-refractivity contribution < 1.29 is 9.53 Å². The average molecular weight is 168 g/mol. The topological polar surface area (TPSA) is 29.6 Å². The molecule has 2 nitrogen and oxygen atoms in total. The third-order valence-electron chi connectivity index (χ3n) is 3.26. The second-order valence-corrected chi connectivity index (χ2v) is 4.60. The summed E-state index contributed by atoms with van der Waals surface area (Å²) in [6.45, 7) is 6.29. The summed E-state index contributed by atoms with van der Waals surface area (Å²) in [6, 6.07) is 0. The maximum atomic E-state index is 11.7. The van der Waals surface area contributed by atoms with Gasteiger partial charge in [-0.2, -0.15) is 0 Å². The van der Waals surface area contributed by atoms with Gasteiger partial charge in [-0.15, -0.1) is 0 Å². The highest BCUT2D eigenvalue weighted by Crippen LogP contribution is 2.48. The number of carbonyl (C=O) groups excluding carboxylic acids is 1. The van der Waals surface area contributed by atoms with Crippen molar-refractivity contribution in [2.45, 2.75) is 45.3 Å². The van der Waals surface area contributed by atoms with Gasteiger partial charge >= 0.3 is 0 Å². The monoisotopic (exact) mass is 168 g/mol. The largest absolute Gasteiger partial charge is 0.358 e. The maximum absolute atomic E-state index is 11.7. The van der Waals surface area contributed by atoms with E-state index in [1.54, 1.807) is 0 Å². The van der Waals surface area contributed by atoms with Gasteiger partial charge in [-0.3, -0.25) is 4.79 Å². The van der Waals surface area contributed by atoms with Crippen LogP contribution in [0.5, 0.6) is 0 Å². The first kappa shape index (κ1) is 8.24. The maximum Gasteiger partial charge on any atom is 0.167 e. The second-order valence-electron chi connectivity index (χ2n) is 4.60. The summed E-state index contributed by atoms with van der Waals surface area (Å²) in [4.78, 5) is 11.7. The van der Waals surface area contributed by atoms with E-state index in [1.807, 2.05) is 6.92 Å². The first-order valence-corrected chi connectivity index (χ1v) is 4.76. The Labute approximate surface area is 73.3 Å². The van der Waals surface area contributed by atoms with E-state index in [2.05, 4.69) is 13.8 Å². The smallest absolute Gasteiger partial charge is 0.167 e. The first-order chi connectivity index (χ1) is 5.54. The first-order valence-electron chi connectivity index (χ1n) is 4.76. The lowest BCUT2D eigenvalue weighted by Gasteiger charge is -2.23. The molecule has 0 amide bonds. The molecule has 0 aromatic rings. The molecule has 2 heteroatoms. The summed E-state index contributed by atoms with van der Waals surface area (Å²) in [6.07, 6.45) is 2.02. The molecule has 3 atom stereocenters. The number of Topliss-reactive ketones (excluding diaryl/α,β-unsaturated/α-hetero) is 1. The van der Waals surface area contributed by atoms with Crippen LogP contribution in [0, 0.1) is 11.8 Å². The number of rotatable bonds is 1. The van der Waals surface area contributed by atoms with E-state index in [-0.39, 0.29) is 17.6 Å². The van der Waals surface area contributed by atoms with Crippen LogP contribution in [-0.4, -0.2) is 17.5 Å². The number of ketones is 1. The Morgan fingerprint density at radius 1 is 1.58 bits per heavy atom. The van der Waals surface area contributed by atoms with Crippen LogP contribution in [0.4, 0.5) is 0 Å². The lowest BCUT2D eigenvalue weighted by atomic mass is 9.77. The van der Waals surface area contributed by atoms with Crippen LogP contribution in [0.2, 0.25) is 0 Å². The molecule has 2 rings (SSSR count). The Morgan fingerprint density at radius 2 is 2.25 bits per heavy atom. The molecule has 0 bridgehead atoms. The quantitative estimate of drug-likeness (QED) is 0.558. The summed E-state index contributed by atoms with van der Waals surface area (Å²) >= 11 is 0. The van der Waals surface area contributed by atoms with Crippen molar-refractivity contribution in [2.75, 3.05) is 0 Å². The standard InChI is InChI=1S/C10H16O2/c1-6(2)7-4-5-10(3)9(12-10)8(7)11/h6-7,9H,4-5H2,1-3H3/t7-,9-,10-/m0/s1. The molecule has 1 aliphatic carbocycles. The SMILES string of the molecule is CC(C)[C@@H]1CC[C@]2(C)O[C@H]2C1=O. The van der Waals surface area contributed by atoms with Gasteiger partial charge in [0, 0.05) is 5.92 Å². The van der Waals surface area contributed by atoms with Crippen molar-refractivity contribution >= 4 is 5.78 Å². The Hall–Kier alpha value is -0.370. The second kappa shape index (κ2) is 2.32. The normalized spacial score (nSPS) is 46.2. The number of hydrogen-bond donors (Lipinski definition) is 0. The average Bonchev–Trinajstić information content (AvgIpc) is 2.62. The highest BCUT2D eigenvalue weighted by Gasteiger charge is 2.60. The van der Waals surface area contributed by atoms with Crippen molar-refractivity contribution in [3.8, 4) is 0 Å². The van der Waals surface area contributed by atoms with E-state index in [0.717, 1.165) is 12.8 Å². The van der Waals surface area contributed by atoms with Crippen molar-refractivity contribution in [1.29, 1.82) is 0 Å². The molecule has 2 aliphatic rings. The van der Waals surface area contributed by atoms with E-state index in [0.29, 0.717) is 11.7 Å². The van der Waals surface area contributed by atoms with E-state index >= 15 is 0 Å². The van der Waals surface area contributed by atoms with Gasteiger partial charge in [0.25, 0.3) is 0 Å². The number of ether oxygens (including phenoxy) is 1. The van der Waals surface area contributed by atoms with Gasteiger partial charge < -0.3 is 4.74 Å². The molecule has 12 heavy (non-hydrogen) atoms. The van der Waals surface area contributed by atoms with E-state index in [9.17, 15) is 4.79 Å². The van der Waals surface area contributed by atoms with Gasteiger partial charge in [0.15, 0.2) is 5.78 Å². The Morgan fingerprint density at radius 3 is 2.83 bits per heavy atom. The highest BCUT2D eigenvalue weighted by molar-refractivity contribution is 5.90. The molecule has 1 heterocycles. The Bertz CT molecular complexity index is 222. The van der Waals surface area contributed by atoms with Gasteiger partial charge in [-0.05, 0) is 25.7 Å². The van der Waals surface area contributed by atoms with Crippen molar-refractivity contribution in [1.82, 2.24) is 0 Å². The fraction of sp³-hybridized carbons (Fsp3) is 0.900. The number of carbonyl (C=O) groups is 1. The zero-order valence-corrected chi connectivity index (χ0v) is 7.96. The van der Waals surface area contributed by atoms with Gasteiger partial charge in [0.2, 0.25) is 0 Å². The van der Waals surface area contributed by atoms with E-state index in [4.69, 9.17) is 4.74 Å². The molecule has 68 valence electrons. The highest BCUT2D eigenvalue weighted by atomic mass is 16.6. The van der Waals surface area contributed by atoms with Crippen LogP contribution in [0.15, 0.2) is 0 Å². The minimum Gasteiger partial charge on any atom is -0.358 e. The lowest BCUT2D eigenvalue weighted by molar-refractivity contribution is -0.126. The van der Waals surface area contributed by atoms with E-state index in [1.165, 1.54) is 0 Å². The number of fused-ring (bicyclic) bond motifs is 1. The summed E-state index contributed by atoms with van der Waals surface area (Å²) < 4.78 is 5.41. The van der Waals surface area contributed by atoms with Gasteiger partial charge in [-0.1, -0.05) is 13.8 Å². The Kier molecular flexibility index (Phi) is 1.59. The summed E-state index contributed by atoms with van der Waals surface area (Å²) in [5, 5.41) is 0. The molecule has 0 radical (unpaired) electrons. The predicted molar refractivity (Wildman–Crippen MR) is 45.8 cm³/mol. The van der Waals surface area contributed by atoms with Crippen molar-refractivity contribution in [3.05, 3.63) is 0 Å². The van der Waals surface area contributed by atoms with Gasteiger partial charge in [-0.25, -0.2) is 0 Å².